The maximum Gasteiger partial charge on any atom is 0.408 e. The zero-order chi connectivity index (χ0) is 44.6. The molecule has 3 heterocycles. The second-order valence-corrected chi connectivity index (χ2v) is 18.9. The Bertz CT molecular complexity index is 1980. The van der Waals surface area contributed by atoms with Crippen LogP contribution in [0.1, 0.15) is 97.1 Å². The number of alkyl carbamates (subject to hydrolysis) is 1. The number of rotatable bonds is 14. The van der Waals surface area contributed by atoms with E-state index in [2.05, 4.69) is 25.8 Å². The van der Waals surface area contributed by atoms with Gasteiger partial charge in [0.2, 0.25) is 23.6 Å². The third kappa shape index (κ3) is 13.0. The first-order chi connectivity index (χ1) is 28.7. The standard InChI is InChI=1S/C45H63N7O8S/c1-28(31-10-12-33(13-11-31)39-30(3)46-27-61-39)47-41(56)36-24-35(53)25-52(36)42(57)40(44(4,5)6)49-37(54)26-59-23-18-38(55)51-21-19-50(20-22-51)34-16-14-32(15-17-34)29(2)48-43(58)60-45(7,8)9/h10-17,27-29,35-36,40,53H,18-26H2,1-9H3,(H,47,56)(H,48,58)(H,49,54)/t28-,29-,35+,36-,40+/m0/s1. The maximum absolute atomic E-state index is 14.0. The highest BCUT2D eigenvalue weighted by Crippen LogP contribution is 2.30. The molecular formula is C45H63N7O8S. The van der Waals surface area contributed by atoms with E-state index in [9.17, 15) is 29.1 Å². The number of β-amino-alcohol motifs (C(OH)–C–C–N with tert-alkyl or cyclic N) is 1. The number of aryl methyl sites for hydroxylation is 1. The first kappa shape index (κ1) is 47.0. The Hall–Kier alpha value is -5.06. The number of benzene rings is 2. The van der Waals surface area contributed by atoms with Crippen molar-refractivity contribution in [3.63, 3.8) is 0 Å². The lowest BCUT2D eigenvalue weighted by Gasteiger charge is -2.36. The molecule has 0 aliphatic carbocycles. The van der Waals surface area contributed by atoms with Crippen molar-refractivity contribution in [2.75, 3.05) is 50.8 Å². The summed E-state index contributed by atoms with van der Waals surface area (Å²) >= 11 is 1.57. The molecule has 2 aliphatic rings. The summed E-state index contributed by atoms with van der Waals surface area (Å²) < 4.78 is 11.0. The SMILES string of the molecule is Cc1ncsc1-c1ccc([C@H](C)NC(=O)[C@@H]2C[C@@H](O)CN2C(=O)[C@@H](NC(=O)COCCC(=O)N2CCN(c3ccc([C@H](C)NC(=O)OC(C)(C)C)cc3)CC2)C(C)(C)C)cc1. The number of piperazine rings is 1. The largest absolute Gasteiger partial charge is 0.444 e. The van der Waals surface area contributed by atoms with Crippen molar-refractivity contribution < 1.29 is 38.6 Å². The second kappa shape index (κ2) is 20.2. The predicted octanol–water partition coefficient (Wildman–Crippen LogP) is 5.13. The van der Waals surface area contributed by atoms with Crippen LogP contribution in [0, 0.1) is 12.3 Å². The molecule has 2 fully saturated rings. The van der Waals surface area contributed by atoms with Gasteiger partial charge in [0, 0.05) is 44.8 Å². The minimum absolute atomic E-state index is 0.0317. The van der Waals surface area contributed by atoms with E-state index in [0.29, 0.717) is 26.2 Å². The number of aliphatic hydroxyl groups excluding tert-OH is 1. The topological polar surface area (TPSA) is 183 Å². The fraction of sp³-hybridized carbons (Fsp3) is 0.556. The number of hydrogen-bond donors (Lipinski definition) is 4. The molecule has 0 bridgehead atoms. The first-order valence-corrected chi connectivity index (χ1v) is 21.9. The summed E-state index contributed by atoms with van der Waals surface area (Å²) in [5.74, 6) is -1.45. The van der Waals surface area contributed by atoms with Crippen LogP contribution in [0.2, 0.25) is 0 Å². The fourth-order valence-electron chi connectivity index (χ4n) is 7.46. The Morgan fingerprint density at radius 3 is 2.05 bits per heavy atom. The number of likely N-dealkylation sites (tertiary alicyclic amines) is 1. The van der Waals surface area contributed by atoms with Gasteiger partial charge in [0.25, 0.3) is 0 Å². The molecule has 332 valence electrons. The molecule has 2 aliphatic heterocycles. The van der Waals surface area contributed by atoms with Crippen LogP contribution >= 0.6 is 11.3 Å². The van der Waals surface area contributed by atoms with Crippen LogP contribution in [-0.4, -0.2) is 119 Å². The summed E-state index contributed by atoms with van der Waals surface area (Å²) in [6, 6.07) is 13.4. The lowest BCUT2D eigenvalue weighted by Crippen LogP contribution is -2.58. The third-order valence-corrected chi connectivity index (χ3v) is 11.9. The van der Waals surface area contributed by atoms with Gasteiger partial charge in [0.05, 0.1) is 47.3 Å². The summed E-state index contributed by atoms with van der Waals surface area (Å²) in [5.41, 5.74) is 5.36. The summed E-state index contributed by atoms with van der Waals surface area (Å²) in [5, 5.41) is 19.3. The van der Waals surface area contributed by atoms with Crippen LogP contribution in [-0.2, 0) is 28.7 Å². The average Bonchev–Trinajstić information content (AvgIpc) is 3.82. The van der Waals surface area contributed by atoms with Gasteiger partial charge < -0.3 is 45.2 Å². The Balaban J connectivity index is 1.05. The van der Waals surface area contributed by atoms with E-state index in [1.54, 1.807) is 16.2 Å². The van der Waals surface area contributed by atoms with Gasteiger partial charge >= 0.3 is 6.09 Å². The number of aliphatic hydroxyl groups is 1. The number of nitrogens with one attached hydrogen (secondary N) is 3. The minimum Gasteiger partial charge on any atom is -0.444 e. The van der Waals surface area contributed by atoms with Crippen molar-refractivity contribution >= 4 is 46.7 Å². The van der Waals surface area contributed by atoms with E-state index in [-0.39, 0.29) is 56.5 Å². The average molecular weight is 862 g/mol. The van der Waals surface area contributed by atoms with Crippen LogP contribution < -0.4 is 20.9 Å². The molecule has 0 unspecified atom stereocenters. The minimum atomic E-state index is -1.00. The molecule has 61 heavy (non-hydrogen) atoms. The molecule has 0 spiro atoms. The monoisotopic (exact) mass is 861 g/mol. The highest BCUT2D eigenvalue weighted by Gasteiger charge is 2.44. The van der Waals surface area contributed by atoms with E-state index in [1.165, 1.54) is 4.90 Å². The van der Waals surface area contributed by atoms with Crippen LogP contribution in [0.25, 0.3) is 10.4 Å². The summed E-state index contributed by atoms with van der Waals surface area (Å²) in [7, 11) is 0. The van der Waals surface area contributed by atoms with E-state index in [0.717, 1.165) is 32.9 Å². The molecule has 5 rings (SSSR count). The number of amides is 5. The van der Waals surface area contributed by atoms with Crippen molar-refractivity contribution in [1.29, 1.82) is 0 Å². The molecule has 0 saturated carbocycles. The quantitative estimate of drug-likeness (QED) is 0.159. The summed E-state index contributed by atoms with van der Waals surface area (Å²) in [6.45, 7) is 18.7. The maximum atomic E-state index is 14.0. The normalized spacial score (nSPS) is 18.6. The van der Waals surface area contributed by atoms with Gasteiger partial charge in [-0.1, -0.05) is 57.2 Å². The summed E-state index contributed by atoms with van der Waals surface area (Å²) in [6.07, 6.45) is -1.19. The molecular weight excluding hydrogens is 799 g/mol. The van der Waals surface area contributed by atoms with Crippen LogP contribution in [0.15, 0.2) is 54.0 Å². The van der Waals surface area contributed by atoms with Crippen molar-refractivity contribution in [2.45, 2.75) is 111 Å². The summed E-state index contributed by atoms with van der Waals surface area (Å²) in [4.78, 5) is 76.8. The Morgan fingerprint density at radius 1 is 0.869 bits per heavy atom. The van der Waals surface area contributed by atoms with Gasteiger partial charge in [-0.15, -0.1) is 11.3 Å². The van der Waals surface area contributed by atoms with Gasteiger partial charge in [0.1, 0.15) is 24.3 Å². The molecule has 3 aromatic rings. The first-order valence-electron chi connectivity index (χ1n) is 21.0. The Labute approximate surface area is 363 Å². The molecule has 2 aromatic carbocycles. The van der Waals surface area contributed by atoms with Crippen LogP contribution in [0.3, 0.4) is 0 Å². The number of thiazole rings is 1. The fourth-order valence-corrected chi connectivity index (χ4v) is 8.27. The van der Waals surface area contributed by atoms with Gasteiger partial charge in [-0.3, -0.25) is 19.2 Å². The predicted molar refractivity (Wildman–Crippen MR) is 235 cm³/mol. The van der Waals surface area contributed by atoms with Gasteiger partial charge in [-0.2, -0.15) is 0 Å². The molecule has 0 radical (unpaired) electrons. The van der Waals surface area contributed by atoms with Gasteiger partial charge in [0.15, 0.2) is 0 Å². The second-order valence-electron chi connectivity index (χ2n) is 18.0. The molecule has 2 saturated heterocycles. The van der Waals surface area contributed by atoms with Crippen molar-refractivity contribution in [1.82, 2.24) is 30.7 Å². The van der Waals surface area contributed by atoms with Crippen molar-refractivity contribution in [2.24, 2.45) is 5.41 Å². The molecule has 15 nitrogen and oxygen atoms in total. The highest BCUT2D eigenvalue weighted by molar-refractivity contribution is 7.13. The number of carbonyl (C=O) groups excluding carboxylic acids is 5. The number of hydrogen-bond acceptors (Lipinski definition) is 11. The van der Waals surface area contributed by atoms with Gasteiger partial charge in [-0.05, 0) is 75.8 Å². The van der Waals surface area contributed by atoms with E-state index in [4.69, 9.17) is 9.47 Å². The van der Waals surface area contributed by atoms with Crippen LogP contribution in [0.4, 0.5) is 10.5 Å². The number of ether oxygens (including phenoxy) is 2. The third-order valence-electron chi connectivity index (χ3n) is 10.9. The zero-order valence-corrected chi connectivity index (χ0v) is 37.8. The number of nitrogens with zero attached hydrogens (tertiary/aromatic N) is 4. The van der Waals surface area contributed by atoms with Crippen LogP contribution in [0.5, 0.6) is 0 Å². The molecule has 1 aromatic heterocycles. The number of carbonyl (C=O) groups is 5. The lowest BCUT2D eigenvalue weighted by atomic mass is 9.85. The Morgan fingerprint density at radius 2 is 1.48 bits per heavy atom. The van der Waals surface area contributed by atoms with Crippen molar-refractivity contribution in [3.8, 4) is 10.4 Å². The lowest BCUT2D eigenvalue weighted by molar-refractivity contribution is -0.144. The molecule has 5 atom stereocenters. The van der Waals surface area contributed by atoms with E-state index < -0.39 is 47.1 Å². The van der Waals surface area contributed by atoms with E-state index >= 15 is 0 Å². The van der Waals surface area contributed by atoms with E-state index in [1.807, 2.05) is 116 Å². The van der Waals surface area contributed by atoms with Crippen molar-refractivity contribution in [3.05, 3.63) is 70.9 Å². The molecule has 4 N–H and O–H groups in total. The zero-order valence-electron chi connectivity index (χ0n) is 36.9. The Kier molecular flexibility index (Phi) is 15.6. The number of anilines is 1. The number of aromatic nitrogens is 1. The highest BCUT2D eigenvalue weighted by atomic mass is 32.1. The molecule has 16 heteroatoms. The molecule has 5 amide bonds. The van der Waals surface area contributed by atoms with Gasteiger partial charge in [-0.25, -0.2) is 9.78 Å². The smallest absolute Gasteiger partial charge is 0.408 e.